The van der Waals surface area contributed by atoms with Crippen LogP contribution in [0.15, 0.2) is 12.1 Å². The number of ether oxygens (including phenoxy) is 1. The van der Waals surface area contributed by atoms with Gasteiger partial charge in [0.15, 0.2) is 0 Å². The van der Waals surface area contributed by atoms with Gasteiger partial charge in [-0.1, -0.05) is 0 Å². The van der Waals surface area contributed by atoms with E-state index in [0.717, 1.165) is 0 Å². The minimum Gasteiger partial charge on any atom is -0.496 e. The predicted octanol–water partition coefficient (Wildman–Crippen LogP) is 1.52. The molecule has 0 bridgehead atoms. The zero-order valence-electron chi connectivity index (χ0n) is 8.96. The third-order valence-electron chi connectivity index (χ3n) is 2.44. The number of methoxy groups -OCH3 is 1. The maximum atomic E-state index is 13.3. The van der Waals surface area contributed by atoms with E-state index in [4.69, 9.17) is 15.6 Å². The highest BCUT2D eigenvalue weighted by Gasteiger charge is 2.16. The zero-order chi connectivity index (χ0) is 11.4. The first kappa shape index (κ1) is 11.9. The van der Waals surface area contributed by atoms with Crippen LogP contribution in [0.2, 0.25) is 0 Å². The lowest BCUT2D eigenvalue weighted by Gasteiger charge is -2.17. The van der Waals surface area contributed by atoms with Crippen molar-refractivity contribution in [1.29, 1.82) is 0 Å². The largest absolute Gasteiger partial charge is 0.496 e. The van der Waals surface area contributed by atoms with Crippen LogP contribution in [0.4, 0.5) is 4.39 Å². The molecule has 0 heterocycles. The number of benzene rings is 1. The van der Waals surface area contributed by atoms with Gasteiger partial charge in [0.25, 0.3) is 0 Å². The minimum absolute atomic E-state index is 0.0275. The Labute approximate surface area is 88.7 Å². The lowest BCUT2D eigenvalue weighted by molar-refractivity contribution is 0.274. The maximum absolute atomic E-state index is 13.3. The number of halogens is 1. The average Bonchev–Trinajstić information content (AvgIpc) is 2.22. The molecule has 0 amide bonds. The van der Waals surface area contributed by atoms with E-state index < -0.39 is 6.04 Å². The van der Waals surface area contributed by atoms with Gasteiger partial charge in [0.1, 0.15) is 11.6 Å². The van der Waals surface area contributed by atoms with Gasteiger partial charge in [-0.3, -0.25) is 0 Å². The van der Waals surface area contributed by atoms with Crippen LogP contribution >= 0.6 is 0 Å². The summed E-state index contributed by atoms with van der Waals surface area (Å²) in [5.41, 5.74) is 6.96. The van der Waals surface area contributed by atoms with Crippen LogP contribution in [0.5, 0.6) is 5.75 Å². The Morgan fingerprint density at radius 3 is 2.73 bits per heavy atom. The normalized spacial score (nSPS) is 12.6. The van der Waals surface area contributed by atoms with Crippen molar-refractivity contribution in [2.24, 2.45) is 5.73 Å². The molecule has 1 unspecified atom stereocenters. The third kappa shape index (κ3) is 2.46. The van der Waals surface area contributed by atoms with Crippen LogP contribution in [0.1, 0.15) is 23.6 Å². The molecule has 0 radical (unpaired) electrons. The molecule has 84 valence electrons. The monoisotopic (exact) mass is 213 g/mol. The molecule has 0 saturated carbocycles. The number of hydrogen-bond acceptors (Lipinski definition) is 3. The number of aliphatic hydroxyl groups is 1. The van der Waals surface area contributed by atoms with Crippen molar-refractivity contribution < 1.29 is 14.2 Å². The summed E-state index contributed by atoms with van der Waals surface area (Å²) in [6.07, 6.45) is 0.390. The summed E-state index contributed by atoms with van der Waals surface area (Å²) < 4.78 is 18.4. The summed E-state index contributed by atoms with van der Waals surface area (Å²) in [7, 11) is 1.52. The first-order chi connectivity index (χ1) is 7.11. The second-order valence-corrected chi connectivity index (χ2v) is 3.41. The van der Waals surface area contributed by atoms with Crippen LogP contribution in [0.3, 0.4) is 0 Å². The van der Waals surface area contributed by atoms with E-state index in [9.17, 15) is 4.39 Å². The molecule has 0 spiro atoms. The van der Waals surface area contributed by atoms with Gasteiger partial charge in [-0.05, 0) is 31.0 Å². The number of hydrogen-bond donors (Lipinski definition) is 2. The van der Waals surface area contributed by atoms with Crippen molar-refractivity contribution in [1.82, 2.24) is 0 Å². The molecule has 1 aromatic carbocycles. The molecule has 15 heavy (non-hydrogen) atoms. The van der Waals surface area contributed by atoms with Crippen molar-refractivity contribution in [2.45, 2.75) is 19.4 Å². The van der Waals surface area contributed by atoms with Gasteiger partial charge >= 0.3 is 0 Å². The minimum atomic E-state index is -0.402. The SMILES string of the molecule is COc1ccc(F)c(C)c1C(N)CCO. The fourth-order valence-electron chi connectivity index (χ4n) is 1.60. The molecule has 0 aromatic heterocycles. The molecule has 0 saturated heterocycles. The fraction of sp³-hybridized carbons (Fsp3) is 0.455. The zero-order valence-corrected chi connectivity index (χ0v) is 8.96. The Morgan fingerprint density at radius 1 is 1.53 bits per heavy atom. The second kappa shape index (κ2) is 5.09. The molecule has 0 aliphatic heterocycles. The highest BCUT2D eigenvalue weighted by Crippen LogP contribution is 2.30. The molecule has 1 aromatic rings. The van der Waals surface area contributed by atoms with Crippen molar-refractivity contribution in [3.63, 3.8) is 0 Å². The van der Waals surface area contributed by atoms with Crippen molar-refractivity contribution in [3.05, 3.63) is 29.1 Å². The van der Waals surface area contributed by atoms with Crippen LogP contribution in [-0.2, 0) is 0 Å². The topological polar surface area (TPSA) is 55.5 Å². The molecule has 1 atom stereocenters. The van der Waals surface area contributed by atoms with Crippen LogP contribution in [0.25, 0.3) is 0 Å². The number of rotatable bonds is 4. The van der Waals surface area contributed by atoms with Gasteiger partial charge in [0.05, 0.1) is 7.11 Å². The smallest absolute Gasteiger partial charge is 0.126 e. The highest BCUT2D eigenvalue weighted by atomic mass is 19.1. The molecular formula is C11H16FNO2. The molecule has 3 N–H and O–H groups in total. The van der Waals surface area contributed by atoms with Gasteiger partial charge in [-0.15, -0.1) is 0 Å². The molecular weight excluding hydrogens is 197 g/mol. The molecule has 0 aliphatic carbocycles. The van der Waals surface area contributed by atoms with E-state index in [1.54, 1.807) is 13.0 Å². The Balaban J connectivity index is 3.17. The van der Waals surface area contributed by atoms with Gasteiger partial charge in [-0.2, -0.15) is 0 Å². The fourth-order valence-corrected chi connectivity index (χ4v) is 1.60. The predicted molar refractivity (Wildman–Crippen MR) is 56.3 cm³/mol. The third-order valence-corrected chi connectivity index (χ3v) is 2.44. The Hall–Kier alpha value is -1.13. The molecule has 3 nitrogen and oxygen atoms in total. The Bertz CT molecular complexity index is 342. The van der Waals surface area contributed by atoms with Crippen molar-refractivity contribution in [2.75, 3.05) is 13.7 Å². The van der Waals surface area contributed by atoms with Crippen LogP contribution in [-0.4, -0.2) is 18.8 Å². The molecule has 1 rings (SSSR count). The number of nitrogens with two attached hydrogens (primary N) is 1. The summed E-state index contributed by atoms with van der Waals surface area (Å²) in [6, 6.07) is 2.50. The molecule has 0 aliphatic rings. The van der Waals surface area contributed by atoms with E-state index in [1.807, 2.05) is 0 Å². The summed E-state index contributed by atoms with van der Waals surface area (Å²) in [5.74, 6) is 0.258. The standard InChI is InChI=1S/C11H16FNO2/c1-7-8(12)3-4-10(15-2)11(7)9(13)5-6-14/h3-4,9,14H,5-6,13H2,1-2H3. The summed E-state index contributed by atoms with van der Waals surface area (Å²) in [4.78, 5) is 0. The van der Waals surface area contributed by atoms with Gasteiger partial charge < -0.3 is 15.6 Å². The summed E-state index contributed by atoms with van der Waals surface area (Å²) in [6.45, 7) is 1.63. The van der Waals surface area contributed by atoms with Crippen LogP contribution in [0, 0.1) is 12.7 Å². The van der Waals surface area contributed by atoms with E-state index in [0.29, 0.717) is 23.3 Å². The van der Waals surface area contributed by atoms with Crippen molar-refractivity contribution >= 4 is 0 Å². The van der Waals surface area contributed by atoms with Gasteiger partial charge in [-0.25, -0.2) is 4.39 Å². The Kier molecular flexibility index (Phi) is 4.05. The summed E-state index contributed by atoms with van der Waals surface area (Å²) in [5, 5.41) is 8.81. The lowest BCUT2D eigenvalue weighted by atomic mass is 9.98. The van der Waals surface area contributed by atoms with E-state index in [1.165, 1.54) is 13.2 Å². The quantitative estimate of drug-likeness (QED) is 0.797. The molecule has 4 heteroatoms. The van der Waals surface area contributed by atoms with E-state index in [-0.39, 0.29) is 12.4 Å². The van der Waals surface area contributed by atoms with Crippen molar-refractivity contribution in [3.8, 4) is 5.75 Å². The molecule has 0 fully saturated rings. The Morgan fingerprint density at radius 2 is 2.20 bits per heavy atom. The van der Waals surface area contributed by atoms with E-state index in [2.05, 4.69) is 0 Å². The van der Waals surface area contributed by atoms with Gasteiger partial charge in [0, 0.05) is 18.2 Å². The summed E-state index contributed by atoms with van der Waals surface area (Å²) >= 11 is 0. The van der Waals surface area contributed by atoms with Gasteiger partial charge in [0.2, 0.25) is 0 Å². The maximum Gasteiger partial charge on any atom is 0.126 e. The average molecular weight is 213 g/mol. The first-order valence-electron chi connectivity index (χ1n) is 4.81. The first-order valence-corrected chi connectivity index (χ1v) is 4.81. The highest BCUT2D eigenvalue weighted by molar-refractivity contribution is 5.42. The lowest BCUT2D eigenvalue weighted by Crippen LogP contribution is -2.15. The second-order valence-electron chi connectivity index (χ2n) is 3.41. The van der Waals surface area contributed by atoms with Crippen LogP contribution < -0.4 is 10.5 Å². The number of aliphatic hydroxyl groups excluding tert-OH is 1. The van der Waals surface area contributed by atoms with E-state index >= 15 is 0 Å².